The monoisotopic (exact) mass is 309 g/mol. The number of aromatic amines is 1. The van der Waals surface area contributed by atoms with E-state index in [1.807, 2.05) is 18.2 Å². The summed E-state index contributed by atoms with van der Waals surface area (Å²) in [6, 6.07) is 7.93. The van der Waals surface area contributed by atoms with Crippen LogP contribution in [0.4, 0.5) is 11.6 Å². The molecule has 0 atom stereocenters. The van der Waals surface area contributed by atoms with Crippen molar-refractivity contribution in [3.05, 3.63) is 36.2 Å². The predicted molar refractivity (Wildman–Crippen MR) is 89.2 cm³/mol. The lowest BCUT2D eigenvalue weighted by atomic mass is 10.0. The van der Waals surface area contributed by atoms with Crippen LogP contribution in [0.3, 0.4) is 0 Å². The minimum Gasteiger partial charge on any atom is -0.497 e. The second kappa shape index (κ2) is 5.87. The number of nitrogens with zero attached hydrogens (tertiary/aromatic N) is 3. The van der Waals surface area contributed by atoms with Gasteiger partial charge in [0.05, 0.1) is 13.3 Å². The Morgan fingerprint density at radius 3 is 2.91 bits per heavy atom. The largest absolute Gasteiger partial charge is 0.497 e. The topological polar surface area (TPSA) is 75.7 Å². The maximum absolute atomic E-state index is 5.30. The molecule has 0 unspecified atom stereocenters. The summed E-state index contributed by atoms with van der Waals surface area (Å²) in [4.78, 5) is 0. The van der Waals surface area contributed by atoms with Crippen LogP contribution in [0.5, 0.6) is 5.75 Å². The van der Waals surface area contributed by atoms with Gasteiger partial charge in [-0.15, -0.1) is 5.10 Å². The summed E-state index contributed by atoms with van der Waals surface area (Å²) in [5.41, 5.74) is 1.20. The van der Waals surface area contributed by atoms with Crippen molar-refractivity contribution in [3.8, 4) is 5.75 Å². The molecule has 3 aromatic rings. The maximum Gasteiger partial charge on any atom is 0.162 e. The van der Waals surface area contributed by atoms with E-state index in [4.69, 9.17) is 4.74 Å². The molecule has 4 rings (SSSR count). The third-order valence-electron chi connectivity index (χ3n) is 4.51. The van der Waals surface area contributed by atoms with E-state index in [2.05, 4.69) is 31.8 Å². The molecule has 1 aliphatic carbocycles. The Morgan fingerprint density at radius 2 is 2.09 bits per heavy atom. The Hall–Kier alpha value is -2.63. The van der Waals surface area contributed by atoms with E-state index in [1.165, 1.54) is 31.4 Å². The highest BCUT2D eigenvalue weighted by Gasteiger charge is 2.19. The smallest absolute Gasteiger partial charge is 0.162 e. The predicted octanol–water partition coefficient (Wildman–Crippen LogP) is 3.76. The van der Waals surface area contributed by atoms with Crippen molar-refractivity contribution in [1.82, 2.24) is 20.4 Å². The van der Waals surface area contributed by atoms with Gasteiger partial charge in [-0.1, -0.05) is 12.8 Å². The Morgan fingerprint density at radius 1 is 1.22 bits per heavy atom. The molecule has 23 heavy (non-hydrogen) atoms. The van der Waals surface area contributed by atoms with Crippen LogP contribution < -0.4 is 10.1 Å². The summed E-state index contributed by atoms with van der Waals surface area (Å²) in [6.45, 7) is 0. The first kappa shape index (κ1) is 14.0. The number of aromatic nitrogens is 4. The highest BCUT2D eigenvalue weighted by atomic mass is 16.5. The summed E-state index contributed by atoms with van der Waals surface area (Å²) >= 11 is 0. The minimum absolute atomic E-state index is 0.608. The molecule has 2 heterocycles. The number of rotatable bonds is 4. The fourth-order valence-corrected chi connectivity index (χ4v) is 3.24. The Kier molecular flexibility index (Phi) is 3.57. The highest BCUT2D eigenvalue weighted by Crippen LogP contribution is 2.34. The third kappa shape index (κ3) is 2.72. The summed E-state index contributed by atoms with van der Waals surface area (Å²) in [5, 5.41) is 21.0. The number of hydrogen-bond donors (Lipinski definition) is 2. The van der Waals surface area contributed by atoms with Crippen LogP contribution in [-0.4, -0.2) is 27.5 Å². The number of hydrogen-bond acceptors (Lipinski definition) is 5. The molecule has 6 nitrogen and oxygen atoms in total. The lowest BCUT2D eigenvalue weighted by Crippen LogP contribution is -1.97. The number of methoxy groups -OCH3 is 1. The average Bonchev–Trinajstić information content (AvgIpc) is 3.26. The minimum atomic E-state index is 0.608. The van der Waals surface area contributed by atoms with Crippen molar-refractivity contribution in [2.24, 2.45) is 0 Å². The summed E-state index contributed by atoms with van der Waals surface area (Å²) in [7, 11) is 1.66. The highest BCUT2D eigenvalue weighted by molar-refractivity contribution is 5.93. The van der Waals surface area contributed by atoms with Crippen LogP contribution in [0.2, 0.25) is 0 Å². The van der Waals surface area contributed by atoms with Crippen molar-refractivity contribution >= 4 is 22.4 Å². The molecule has 1 aromatic carbocycles. The van der Waals surface area contributed by atoms with Gasteiger partial charge in [0.15, 0.2) is 11.6 Å². The summed E-state index contributed by atoms with van der Waals surface area (Å²) in [6.07, 6.45) is 6.84. The van der Waals surface area contributed by atoms with Gasteiger partial charge in [0.2, 0.25) is 0 Å². The number of nitrogens with one attached hydrogen (secondary N) is 2. The summed E-state index contributed by atoms with van der Waals surface area (Å²) < 4.78 is 5.30. The molecule has 6 heteroatoms. The Labute approximate surface area is 134 Å². The molecule has 0 aliphatic heterocycles. The number of ether oxygens (including phenoxy) is 1. The van der Waals surface area contributed by atoms with Gasteiger partial charge in [-0.25, -0.2) is 0 Å². The zero-order valence-corrected chi connectivity index (χ0v) is 13.0. The Bertz CT molecular complexity index is 823. The fraction of sp³-hybridized carbons (Fsp3) is 0.353. The molecule has 1 fully saturated rings. The first-order valence-corrected chi connectivity index (χ1v) is 7.95. The van der Waals surface area contributed by atoms with E-state index < -0.39 is 0 Å². The molecular formula is C17H19N5O. The van der Waals surface area contributed by atoms with Crippen molar-refractivity contribution in [1.29, 1.82) is 0 Å². The van der Waals surface area contributed by atoms with Gasteiger partial charge in [-0.3, -0.25) is 5.10 Å². The molecule has 0 saturated heterocycles. The lowest BCUT2D eigenvalue weighted by Gasteiger charge is -2.07. The quantitative estimate of drug-likeness (QED) is 0.767. The molecule has 0 amide bonds. The zero-order valence-electron chi connectivity index (χ0n) is 13.0. The molecule has 118 valence electrons. The van der Waals surface area contributed by atoms with Crippen molar-refractivity contribution in [3.63, 3.8) is 0 Å². The molecule has 1 aliphatic rings. The van der Waals surface area contributed by atoms with E-state index in [9.17, 15) is 0 Å². The molecule has 2 N–H and O–H groups in total. The number of benzene rings is 1. The zero-order chi connectivity index (χ0) is 15.6. The SMILES string of the molecule is COc1ccc2cnnc(Nc3cc(C4CCCC4)[nH]n3)c2c1. The second-order valence-corrected chi connectivity index (χ2v) is 5.96. The van der Waals surface area contributed by atoms with Crippen molar-refractivity contribution < 1.29 is 4.74 Å². The number of anilines is 2. The van der Waals surface area contributed by atoms with Gasteiger partial charge in [0.1, 0.15) is 5.75 Å². The molecule has 0 radical (unpaired) electrons. The van der Waals surface area contributed by atoms with Crippen molar-refractivity contribution in [2.45, 2.75) is 31.6 Å². The molecule has 0 spiro atoms. The van der Waals surface area contributed by atoms with Crippen molar-refractivity contribution in [2.75, 3.05) is 12.4 Å². The van der Waals surface area contributed by atoms with Crippen LogP contribution in [0.15, 0.2) is 30.5 Å². The van der Waals surface area contributed by atoms with E-state index in [0.29, 0.717) is 11.7 Å². The molecule has 1 saturated carbocycles. The average molecular weight is 309 g/mol. The number of fused-ring (bicyclic) bond motifs is 1. The van der Waals surface area contributed by atoms with E-state index in [0.717, 1.165) is 22.3 Å². The maximum atomic E-state index is 5.30. The normalized spacial score (nSPS) is 15.2. The van der Waals surface area contributed by atoms with Gasteiger partial charge >= 0.3 is 0 Å². The van der Waals surface area contributed by atoms with Crippen LogP contribution in [0, 0.1) is 0 Å². The van der Waals surface area contributed by atoms with Crippen LogP contribution in [-0.2, 0) is 0 Å². The van der Waals surface area contributed by atoms with Crippen LogP contribution in [0.25, 0.3) is 10.8 Å². The summed E-state index contributed by atoms with van der Waals surface area (Å²) in [5.74, 6) is 2.86. The van der Waals surface area contributed by atoms with Gasteiger partial charge in [0, 0.05) is 28.5 Å². The van der Waals surface area contributed by atoms with Crippen LogP contribution in [0.1, 0.15) is 37.3 Å². The second-order valence-electron chi connectivity index (χ2n) is 5.96. The molecule has 2 aromatic heterocycles. The van der Waals surface area contributed by atoms with Gasteiger partial charge in [-0.2, -0.15) is 10.2 Å². The lowest BCUT2D eigenvalue weighted by molar-refractivity contribution is 0.415. The molecular weight excluding hydrogens is 290 g/mol. The van der Waals surface area contributed by atoms with Gasteiger partial charge in [0.25, 0.3) is 0 Å². The van der Waals surface area contributed by atoms with Gasteiger partial charge in [-0.05, 0) is 31.0 Å². The van der Waals surface area contributed by atoms with E-state index >= 15 is 0 Å². The fourth-order valence-electron chi connectivity index (χ4n) is 3.24. The van der Waals surface area contributed by atoms with E-state index in [1.54, 1.807) is 13.3 Å². The number of H-pyrrole nitrogens is 1. The standard InChI is InChI=1S/C17H19N5O/c1-23-13-7-6-12-10-18-22-17(14(12)8-13)19-16-9-15(20-21-16)11-4-2-3-5-11/h6-11H,2-5H2,1H3,(H2,19,20,21,22). The third-order valence-corrected chi connectivity index (χ3v) is 4.51. The Balaban J connectivity index is 1.64. The van der Waals surface area contributed by atoms with E-state index in [-0.39, 0.29) is 0 Å². The van der Waals surface area contributed by atoms with Crippen LogP contribution >= 0.6 is 0 Å². The first-order valence-electron chi connectivity index (χ1n) is 7.95. The van der Waals surface area contributed by atoms with Gasteiger partial charge < -0.3 is 10.1 Å². The molecule has 0 bridgehead atoms. The first-order chi connectivity index (χ1) is 11.3.